The van der Waals surface area contributed by atoms with E-state index in [-0.39, 0.29) is 11.6 Å². The number of nitro groups is 1. The largest absolute Gasteiger partial charge is 0.371 e. The molecule has 0 unspecified atom stereocenters. The van der Waals surface area contributed by atoms with E-state index in [4.69, 9.17) is 0 Å². The maximum Gasteiger partial charge on any atom is 0.270 e. The first kappa shape index (κ1) is 15.0. The average Bonchev–Trinajstić information content (AvgIpc) is 3.09. The second-order valence-corrected chi connectivity index (χ2v) is 5.47. The molecule has 1 amide bonds. The number of benzene rings is 2. The Kier molecular flexibility index (Phi) is 4.23. The zero-order valence-corrected chi connectivity index (χ0v) is 12.6. The highest BCUT2D eigenvalue weighted by atomic mass is 16.6. The molecule has 2 aromatic rings. The summed E-state index contributed by atoms with van der Waals surface area (Å²) in [5.41, 5.74) is 1.68. The smallest absolute Gasteiger partial charge is 0.270 e. The van der Waals surface area contributed by atoms with Crippen molar-refractivity contribution in [1.82, 2.24) is 0 Å². The number of nitrogens with zero attached hydrogens (tertiary/aromatic N) is 2. The minimum absolute atomic E-state index is 0.0776. The van der Waals surface area contributed by atoms with Gasteiger partial charge in [-0.05, 0) is 31.0 Å². The molecule has 0 aliphatic carbocycles. The number of non-ortho nitro benzene ring substituents is 1. The summed E-state index contributed by atoms with van der Waals surface area (Å²) in [5, 5.41) is 13.8. The van der Waals surface area contributed by atoms with Gasteiger partial charge in [0, 0.05) is 30.9 Å². The predicted octanol–water partition coefficient (Wildman–Crippen LogP) is 3.45. The van der Waals surface area contributed by atoms with E-state index in [1.165, 1.54) is 12.1 Å². The van der Waals surface area contributed by atoms with Crippen molar-refractivity contribution < 1.29 is 9.72 Å². The molecule has 1 aliphatic heterocycles. The number of carbonyl (C=O) groups is 1. The number of amides is 1. The summed E-state index contributed by atoms with van der Waals surface area (Å²) in [7, 11) is 0. The number of para-hydroxylation sites is 1. The fraction of sp³-hybridized carbons (Fsp3) is 0.235. The third-order valence-electron chi connectivity index (χ3n) is 3.91. The van der Waals surface area contributed by atoms with E-state index in [0.29, 0.717) is 11.3 Å². The average molecular weight is 311 g/mol. The van der Waals surface area contributed by atoms with Gasteiger partial charge in [-0.25, -0.2) is 0 Å². The summed E-state index contributed by atoms with van der Waals surface area (Å²) >= 11 is 0. The Balaban J connectivity index is 1.95. The SMILES string of the molecule is O=C(Nc1ccccc1)c1cc([N+](=O)[O-])ccc1N1CCCC1. The van der Waals surface area contributed by atoms with Crippen LogP contribution < -0.4 is 10.2 Å². The van der Waals surface area contributed by atoms with Crippen LogP contribution in [0.2, 0.25) is 0 Å². The molecule has 0 bridgehead atoms. The van der Waals surface area contributed by atoms with Crippen molar-refractivity contribution in [2.45, 2.75) is 12.8 Å². The Morgan fingerprint density at radius 3 is 2.43 bits per heavy atom. The molecule has 0 saturated carbocycles. The first-order valence-corrected chi connectivity index (χ1v) is 7.55. The quantitative estimate of drug-likeness (QED) is 0.693. The topological polar surface area (TPSA) is 75.5 Å². The molecule has 0 spiro atoms. The lowest BCUT2D eigenvalue weighted by Gasteiger charge is -2.20. The Labute approximate surface area is 133 Å². The third-order valence-corrected chi connectivity index (χ3v) is 3.91. The minimum atomic E-state index is -0.479. The van der Waals surface area contributed by atoms with Crippen molar-refractivity contribution >= 4 is 23.0 Å². The molecule has 1 fully saturated rings. The summed E-state index contributed by atoms with van der Waals surface area (Å²) in [6.07, 6.45) is 2.13. The third kappa shape index (κ3) is 3.31. The highest BCUT2D eigenvalue weighted by Gasteiger charge is 2.22. The molecule has 1 saturated heterocycles. The molecule has 23 heavy (non-hydrogen) atoms. The van der Waals surface area contributed by atoms with Crippen molar-refractivity contribution in [2.75, 3.05) is 23.3 Å². The van der Waals surface area contributed by atoms with Crippen molar-refractivity contribution in [3.63, 3.8) is 0 Å². The standard InChI is InChI=1S/C17H17N3O3/c21-17(18-13-6-2-1-3-7-13)15-12-14(20(22)23)8-9-16(15)19-10-4-5-11-19/h1-3,6-9,12H,4-5,10-11H2,(H,18,21). The van der Waals surface area contributed by atoms with E-state index in [1.54, 1.807) is 18.2 Å². The second kappa shape index (κ2) is 6.48. The maximum atomic E-state index is 12.6. The number of nitrogens with one attached hydrogen (secondary N) is 1. The van der Waals surface area contributed by atoms with Crippen LogP contribution in [0.4, 0.5) is 17.1 Å². The Hall–Kier alpha value is -2.89. The lowest BCUT2D eigenvalue weighted by molar-refractivity contribution is -0.384. The van der Waals surface area contributed by atoms with Crippen LogP contribution in [0.3, 0.4) is 0 Å². The van der Waals surface area contributed by atoms with Crippen LogP contribution in [0, 0.1) is 10.1 Å². The van der Waals surface area contributed by atoms with Crippen LogP contribution in [-0.4, -0.2) is 23.9 Å². The first-order valence-electron chi connectivity index (χ1n) is 7.55. The fourth-order valence-corrected chi connectivity index (χ4v) is 2.77. The number of hydrogen-bond donors (Lipinski definition) is 1. The van der Waals surface area contributed by atoms with E-state index in [0.717, 1.165) is 31.6 Å². The predicted molar refractivity (Wildman–Crippen MR) is 88.9 cm³/mol. The molecule has 3 rings (SSSR count). The van der Waals surface area contributed by atoms with Crippen LogP contribution in [0.25, 0.3) is 0 Å². The van der Waals surface area contributed by atoms with E-state index in [2.05, 4.69) is 10.2 Å². The lowest BCUT2D eigenvalue weighted by Crippen LogP contribution is -2.23. The first-order chi connectivity index (χ1) is 11.1. The normalized spacial score (nSPS) is 13.8. The van der Waals surface area contributed by atoms with Crippen LogP contribution in [0.5, 0.6) is 0 Å². The second-order valence-electron chi connectivity index (χ2n) is 5.47. The number of anilines is 2. The van der Waals surface area contributed by atoms with E-state index < -0.39 is 4.92 Å². The van der Waals surface area contributed by atoms with Crippen molar-refractivity contribution in [1.29, 1.82) is 0 Å². The molecule has 0 atom stereocenters. The highest BCUT2D eigenvalue weighted by molar-refractivity contribution is 6.08. The molecule has 6 nitrogen and oxygen atoms in total. The zero-order chi connectivity index (χ0) is 16.2. The van der Waals surface area contributed by atoms with Crippen LogP contribution in [0.1, 0.15) is 23.2 Å². The summed E-state index contributed by atoms with van der Waals surface area (Å²) in [4.78, 5) is 25.3. The molecule has 1 N–H and O–H groups in total. The van der Waals surface area contributed by atoms with Crippen molar-refractivity contribution in [2.24, 2.45) is 0 Å². The summed E-state index contributed by atoms with van der Waals surface area (Å²) in [5.74, 6) is -0.332. The Morgan fingerprint density at radius 1 is 1.09 bits per heavy atom. The van der Waals surface area contributed by atoms with E-state index in [9.17, 15) is 14.9 Å². The molecule has 0 radical (unpaired) electrons. The number of carbonyl (C=O) groups excluding carboxylic acids is 1. The monoisotopic (exact) mass is 311 g/mol. The minimum Gasteiger partial charge on any atom is -0.371 e. The van der Waals surface area contributed by atoms with E-state index >= 15 is 0 Å². The van der Waals surface area contributed by atoms with Gasteiger partial charge in [0.05, 0.1) is 16.2 Å². The van der Waals surface area contributed by atoms with Gasteiger partial charge in [0.15, 0.2) is 0 Å². The Bertz CT molecular complexity index is 725. The van der Waals surface area contributed by atoms with Crippen LogP contribution in [0.15, 0.2) is 48.5 Å². The van der Waals surface area contributed by atoms with Gasteiger partial charge in [0.25, 0.3) is 11.6 Å². The number of nitro benzene ring substituents is 1. The summed E-state index contributed by atoms with van der Waals surface area (Å²) in [6, 6.07) is 13.5. The molecule has 1 aliphatic rings. The van der Waals surface area contributed by atoms with Crippen molar-refractivity contribution in [3.8, 4) is 0 Å². The summed E-state index contributed by atoms with van der Waals surface area (Å²) in [6.45, 7) is 1.73. The molecule has 1 heterocycles. The lowest BCUT2D eigenvalue weighted by atomic mass is 10.1. The molecule has 2 aromatic carbocycles. The van der Waals surface area contributed by atoms with Gasteiger partial charge in [-0.3, -0.25) is 14.9 Å². The van der Waals surface area contributed by atoms with Crippen LogP contribution in [-0.2, 0) is 0 Å². The fourth-order valence-electron chi connectivity index (χ4n) is 2.77. The van der Waals surface area contributed by atoms with Gasteiger partial charge in [0.1, 0.15) is 0 Å². The van der Waals surface area contributed by atoms with Gasteiger partial charge in [-0.15, -0.1) is 0 Å². The van der Waals surface area contributed by atoms with Gasteiger partial charge < -0.3 is 10.2 Å². The summed E-state index contributed by atoms with van der Waals surface area (Å²) < 4.78 is 0. The van der Waals surface area contributed by atoms with Gasteiger partial charge in [-0.1, -0.05) is 18.2 Å². The Morgan fingerprint density at radius 2 is 1.78 bits per heavy atom. The van der Waals surface area contributed by atoms with Gasteiger partial charge in [-0.2, -0.15) is 0 Å². The zero-order valence-electron chi connectivity index (χ0n) is 12.6. The molecular formula is C17H17N3O3. The van der Waals surface area contributed by atoms with Crippen LogP contribution >= 0.6 is 0 Å². The van der Waals surface area contributed by atoms with Gasteiger partial charge >= 0.3 is 0 Å². The molecule has 6 heteroatoms. The molecule has 0 aromatic heterocycles. The molecule has 118 valence electrons. The maximum absolute atomic E-state index is 12.6. The van der Waals surface area contributed by atoms with Gasteiger partial charge in [0.2, 0.25) is 0 Å². The van der Waals surface area contributed by atoms with E-state index in [1.807, 2.05) is 18.2 Å². The highest BCUT2D eigenvalue weighted by Crippen LogP contribution is 2.29. The molecular weight excluding hydrogens is 294 g/mol. The van der Waals surface area contributed by atoms with Crippen molar-refractivity contribution in [3.05, 3.63) is 64.2 Å². The number of hydrogen-bond acceptors (Lipinski definition) is 4. The number of rotatable bonds is 4.